The largest absolute Gasteiger partial charge is 0.325 e. The maximum Gasteiger partial charge on any atom is 0.186 e. The molecule has 6 heteroatoms. The number of carbonyl (C=O) groups excluding carboxylic acids is 1. The average Bonchev–Trinajstić information content (AvgIpc) is 2.82. The fourth-order valence-corrected chi connectivity index (χ4v) is 2.34. The van der Waals surface area contributed by atoms with Crippen molar-refractivity contribution in [3.05, 3.63) is 50.7 Å². The van der Waals surface area contributed by atoms with Crippen molar-refractivity contribution < 1.29 is 9.18 Å². The Labute approximate surface area is 112 Å². The van der Waals surface area contributed by atoms with Gasteiger partial charge in [-0.15, -0.1) is 11.3 Å². The van der Waals surface area contributed by atoms with Crippen LogP contribution < -0.4 is 5.73 Å². The Balaban J connectivity index is 2.13. The molecule has 94 valence electrons. The zero-order chi connectivity index (χ0) is 13.1. The molecular formula is C12H10ClFN2OS. The maximum atomic E-state index is 13.0. The van der Waals surface area contributed by atoms with Gasteiger partial charge in [-0.1, -0.05) is 17.7 Å². The molecule has 0 amide bonds. The molecule has 0 atom stereocenters. The fourth-order valence-electron chi connectivity index (χ4n) is 1.46. The highest BCUT2D eigenvalue weighted by Crippen LogP contribution is 2.18. The van der Waals surface area contributed by atoms with E-state index in [-0.39, 0.29) is 17.2 Å². The molecule has 2 N–H and O–H groups in total. The number of hydrogen-bond acceptors (Lipinski definition) is 4. The lowest BCUT2D eigenvalue weighted by molar-refractivity contribution is 0.0988. The molecule has 2 rings (SSSR count). The minimum Gasteiger partial charge on any atom is -0.325 e. The number of rotatable bonds is 4. The van der Waals surface area contributed by atoms with Crippen LogP contribution in [0.15, 0.2) is 23.6 Å². The first-order chi connectivity index (χ1) is 8.60. The summed E-state index contributed by atoms with van der Waals surface area (Å²) in [6.45, 7) is 0.320. The average molecular weight is 285 g/mol. The lowest BCUT2D eigenvalue weighted by Gasteiger charge is -2.00. The number of hydrogen-bond donors (Lipinski definition) is 1. The zero-order valence-corrected chi connectivity index (χ0v) is 10.9. The molecule has 0 aliphatic heterocycles. The molecule has 0 radical (unpaired) electrons. The van der Waals surface area contributed by atoms with Gasteiger partial charge in [-0.25, -0.2) is 9.37 Å². The van der Waals surface area contributed by atoms with Gasteiger partial charge < -0.3 is 5.73 Å². The van der Waals surface area contributed by atoms with Gasteiger partial charge in [0.2, 0.25) is 0 Å². The summed E-state index contributed by atoms with van der Waals surface area (Å²) in [5.74, 6) is -0.624. The van der Waals surface area contributed by atoms with Crippen LogP contribution in [0.5, 0.6) is 0 Å². The first-order valence-corrected chi connectivity index (χ1v) is 6.47. The Kier molecular flexibility index (Phi) is 4.06. The van der Waals surface area contributed by atoms with Gasteiger partial charge in [-0.3, -0.25) is 4.79 Å². The van der Waals surface area contributed by atoms with Crippen molar-refractivity contribution in [2.45, 2.75) is 13.0 Å². The second-order valence-electron chi connectivity index (χ2n) is 3.68. The summed E-state index contributed by atoms with van der Waals surface area (Å²) in [6.07, 6.45) is 0.147. The van der Waals surface area contributed by atoms with E-state index in [1.165, 1.54) is 29.5 Å². The Morgan fingerprint density at radius 1 is 1.50 bits per heavy atom. The van der Waals surface area contributed by atoms with Gasteiger partial charge in [-0.2, -0.15) is 0 Å². The molecule has 0 aliphatic carbocycles. The Morgan fingerprint density at radius 3 is 2.89 bits per heavy atom. The van der Waals surface area contributed by atoms with E-state index in [2.05, 4.69) is 4.98 Å². The number of thiazole rings is 1. The van der Waals surface area contributed by atoms with Gasteiger partial charge in [0.05, 0.1) is 5.02 Å². The SMILES string of the molecule is NCc1nc(C(=O)Cc2ccc(F)c(Cl)c2)cs1. The van der Waals surface area contributed by atoms with Crippen molar-refractivity contribution in [1.82, 2.24) is 4.98 Å². The summed E-state index contributed by atoms with van der Waals surface area (Å²) < 4.78 is 13.0. The second-order valence-corrected chi connectivity index (χ2v) is 5.03. The molecule has 0 spiro atoms. The molecule has 18 heavy (non-hydrogen) atoms. The van der Waals surface area contributed by atoms with Crippen LogP contribution in [0.3, 0.4) is 0 Å². The van der Waals surface area contributed by atoms with Gasteiger partial charge in [0.1, 0.15) is 16.5 Å². The molecule has 1 aromatic carbocycles. The van der Waals surface area contributed by atoms with E-state index >= 15 is 0 Å². The number of Topliss-reactive ketones (excluding diaryl/α,β-unsaturated/α-hetero) is 1. The van der Waals surface area contributed by atoms with Crippen molar-refractivity contribution in [3.63, 3.8) is 0 Å². The van der Waals surface area contributed by atoms with Crippen molar-refractivity contribution in [2.75, 3.05) is 0 Å². The Bertz CT molecular complexity index is 585. The molecule has 0 fully saturated rings. The third-order valence-corrected chi connectivity index (χ3v) is 3.52. The van der Waals surface area contributed by atoms with Crippen LogP contribution >= 0.6 is 22.9 Å². The first kappa shape index (κ1) is 13.1. The van der Waals surface area contributed by atoms with Gasteiger partial charge in [0.25, 0.3) is 0 Å². The number of nitrogens with two attached hydrogens (primary N) is 1. The number of nitrogens with zero attached hydrogens (tertiary/aromatic N) is 1. The normalized spacial score (nSPS) is 10.6. The van der Waals surface area contributed by atoms with Crippen LogP contribution in [0.4, 0.5) is 4.39 Å². The summed E-state index contributed by atoms with van der Waals surface area (Å²) in [5.41, 5.74) is 6.48. The standard InChI is InChI=1S/C12H10ClFN2OS/c13-8-3-7(1-2-9(8)14)4-11(17)10-6-18-12(5-15)16-10/h1-3,6H,4-5,15H2. The molecule has 3 nitrogen and oxygen atoms in total. The molecule has 0 saturated heterocycles. The number of benzene rings is 1. The Hall–Kier alpha value is -1.30. The monoisotopic (exact) mass is 284 g/mol. The molecule has 1 aromatic heterocycles. The van der Waals surface area contributed by atoms with E-state index in [9.17, 15) is 9.18 Å². The van der Waals surface area contributed by atoms with Gasteiger partial charge in [0.15, 0.2) is 5.78 Å². The molecule has 0 aliphatic rings. The number of carbonyl (C=O) groups is 1. The van der Waals surface area contributed by atoms with Gasteiger partial charge in [-0.05, 0) is 17.7 Å². The van der Waals surface area contributed by atoms with Crippen molar-refractivity contribution in [3.8, 4) is 0 Å². The third-order valence-electron chi connectivity index (χ3n) is 2.36. The van der Waals surface area contributed by atoms with E-state index in [1.54, 1.807) is 5.38 Å². The van der Waals surface area contributed by atoms with Crippen LogP contribution in [0.2, 0.25) is 5.02 Å². The van der Waals surface area contributed by atoms with E-state index in [0.29, 0.717) is 17.8 Å². The summed E-state index contributed by atoms with van der Waals surface area (Å²) in [4.78, 5) is 16.0. The van der Waals surface area contributed by atoms with Crippen molar-refractivity contribution in [1.29, 1.82) is 0 Å². The minimum atomic E-state index is -0.494. The predicted molar refractivity (Wildman–Crippen MR) is 69.4 cm³/mol. The second kappa shape index (κ2) is 5.56. The highest BCUT2D eigenvalue weighted by molar-refractivity contribution is 7.09. The van der Waals surface area contributed by atoms with E-state index in [1.807, 2.05) is 0 Å². The van der Waals surface area contributed by atoms with Crippen molar-refractivity contribution in [2.24, 2.45) is 5.73 Å². The van der Waals surface area contributed by atoms with E-state index in [4.69, 9.17) is 17.3 Å². The molecular weight excluding hydrogens is 275 g/mol. The first-order valence-electron chi connectivity index (χ1n) is 5.21. The summed E-state index contributed by atoms with van der Waals surface area (Å²) in [5, 5.41) is 2.41. The lowest BCUT2D eigenvalue weighted by Crippen LogP contribution is -2.05. The highest BCUT2D eigenvalue weighted by atomic mass is 35.5. The maximum absolute atomic E-state index is 13.0. The van der Waals surface area contributed by atoms with Crippen LogP contribution in [0.1, 0.15) is 21.1 Å². The van der Waals surface area contributed by atoms with E-state index < -0.39 is 5.82 Å². The fraction of sp³-hybridized carbons (Fsp3) is 0.167. The smallest absolute Gasteiger partial charge is 0.186 e. The zero-order valence-electron chi connectivity index (χ0n) is 9.32. The van der Waals surface area contributed by atoms with Crippen LogP contribution in [-0.4, -0.2) is 10.8 Å². The van der Waals surface area contributed by atoms with E-state index in [0.717, 1.165) is 5.01 Å². The third kappa shape index (κ3) is 2.93. The predicted octanol–water partition coefficient (Wildman–Crippen LogP) is 2.82. The highest BCUT2D eigenvalue weighted by Gasteiger charge is 2.12. The van der Waals surface area contributed by atoms with Crippen LogP contribution in [0, 0.1) is 5.82 Å². The number of aromatic nitrogens is 1. The van der Waals surface area contributed by atoms with Gasteiger partial charge in [0, 0.05) is 18.3 Å². The molecule has 2 aromatic rings. The summed E-state index contributed by atoms with van der Waals surface area (Å²) in [6, 6.07) is 4.23. The Morgan fingerprint density at radius 2 is 2.28 bits per heavy atom. The molecule has 0 saturated carbocycles. The number of halogens is 2. The van der Waals surface area contributed by atoms with Crippen LogP contribution in [-0.2, 0) is 13.0 Å². The minimum absolute atomic E-state index is 0.0150. The molecule has 1 heterocycles. The quantitative estimate of drug-likeness (QED) is 0.879. The van der Waals surface area contributed by atoms with Gasteiger partial charge >= 0.3 is 0 Å². The lowest BCUT2D eigenvalue weighted by atomic mass is 10.1. The number of ketones is 1. The van der Waals surface area contributed by atoms with Crippen LogP contribution in [0.25, 0.3) is 0 Å². The topological polar surface area (TPSA) is 56.0 Å². The molecule has 0 unspecified atom stereocenters. The van der Waals surface area contributed by atoms with Crippen molar-refractivity contribution >= 4 is 28.7 Å². The summed E-state index contributed by atoms with van der Waals surface area (Å²) in [7, 11) is 0. The molecule has 0 bridgehead atoms. The summed E-state index contributed by atoms with van der Waals surface area (Å²) >= 11 is 7.00.